The first kappa shape index (κ1) is 9.35. The van der Waals surface area contributed by atoms with Crippen molar-refractivity contribution >= 4 is 18.2 Å². The Bertz CT molecular complexity index is 261. The molecule has 0 radical (unpaired) electrons. The third-order valence-corrected chi connectivity index (χ3v) is 1.90. The third kappa shape index (κ3) is 1.54. The van der Waals surface area contributed by atoms with E-state index in [0.717, 1.165) is 37.8 Å². The molecule has 2 heterocycles. The molecule has 0 aromatic carbocycles. The van der Waals surface area contributed by atoms with Crippen LogP contribution in [0.15, 0.2) is 6.20 Å². The molecule has 1 aliphatic rings. The zero-order valence-electron chi connectivity index (χ0n) is 6.69. The second kappa shape index (κ2) is 3.78. The third-order valence-electron chi connectivity index (χ3n) is 1.90. The van der Waals surface area contributed by atoms with Gasteiger partial charge in [0, 0.05) is 13.0 Å². The van der Waals surface area contributed by atoms with E-state index in [0.29, 0.717) is 0 Å². The summed E-state index contributed by atoms with van der Waals surface area (Å²) in [5.74, 6) is 1.78. The van der Waals surface area contributed by atoms with Gasteiger partial charge in [-0.3, -0.25) is 0 Å². The van der Waals surface area contributed by atoms with Gasteiger partial charge in [0.05, 0.1) is 19.4 Å². The highest BCUT2D eigenvalue weighted by Gasteiger charge is 2.09. The van der Waals surface area contributed by atoms with Crippen molar-refractivity contribution in [2.24, 2.45) is 0 Å². The number of anilines is 1. The molecule has 0 fully saturated rings. The number of rotatable bonds is 0. The first-order valence-corrected chi connectivity index (χ1v) is 3.75. The first-order valence-electron chi connectivity index (χ1n) is 3.75. The molecule has 1 aliphatic heterocycles. The van der Waals surface area contributed by atoms with E-state index in [1.807, 2.05) is 4.57 Å². The summed E-state index contributed by atoms with van der Waals surface area (Å²) in [5, 5.41) is 0. The Morgan fingerprint density at radius 3 is 3.17 bits per heavy atom. The monoisotopic (exact) mass is 189 g/mol. The van der Waals surface area contributed by atoms with Crippen LogP contribution in [0.25, 0.3) is 0 Å². The van der Waals surface area contributed by atoms with Crippen molar-refractivity contribution in [1.82, 2.24) is 9.55 Å². The summed E-state index contributed by atoms with van der Waals surface area (Å²) in [4.78, 5) is 4.17. The topological polar surface area (TPSA) is 53.1 Å². The highest BCUT2D eigenvalue weighted by atomic mass is 35.5. The molecule has 5 heteroatoms. The van der Waals surface area contributed by atoms with E-state index in [2.05, 4.69) is 4.98 Å². The van der Waals surface area contributed by atoms with Gasteiger partial charge >= 0.3 is 0 Å². The molecule has 0 bridgehead atoms. The predicted molar refractivity (Wildman–Crippen MR) is 48.4 cm³/mol. The minimum atomic E-state index is 0. The van der Waals surface area contributed by atoms with E-state index in [1.165, 1.54) is 0 Å². The minimum Gasteiger partial charge on any atom is -0.384 e. The standard InChI is InChI=1S/C7H11N3O.ClH/c8-6-5-9-7-1-3-11-4-2-10(6)7;/h5H,1-4,8H2;1H. The average molecular weight is 190 g/mol. The maximum atomic E-state index is 5.68. The Morgan fingerprint density at radius 1 is 1.50 bits per heavy atom. The summed E-state index contributed by atoms with van der Waals surface area (Å²) in [6, 6.07) is 0. The van der Waals surface area contributed by atoms with E-state index in [1.54, 1.807) is 6.20 Å². The van der Waals surface area contributed by atoms with E-state index in [-0.39, 0.29) is 12.4 Å². The second-order valence-electron chi connectivity index (χ2n) is 2.61. The Labute approximate surface area is 77.1 Å². The number of halogens is 1. The number of nitrogen functional groups attached to an aromatic ring is 1. The lowest BCUT2D eigenvalue weighted by molar-refractivity contribution is 0.140. The highest BCUT2D eigenvalue weighted by molar-refractivity contribution is 5.85. The van der Waals surface area contributed by atoms with Crippen LogP contribution in [0.2, 0.25) is 0 Å². The van der Waals surface area contributed by atoms with Crippen molar-refractivity contribution in [3.8, 4) is 0 Å². The molecular weight excluding hydrogens is 178 g/mol. The lowest BCUT2D eigenvalue weighted by atomic mass is 10.4. The molecule has 0 saturated carbocycles. The number of hydrogen-bond acceptors (Lipinski definition) is 3. The van der Waals surface area contributed by atoms with Crippen LogP contribution in [0.4, 0.5) is 5.82 Å². The van der Waals surface area contributed by atoms with Gasteiger partial charge in [-0.05, 0) is 0 Å². The molecule has 0 atom stereocenters. The van der Waals surface area contributed by atoms with Crippen LogP contribution in [-0.2, 0) is 17.7 Å². The van der Waals surface area contributed by atoms with Crippen LogP contribution in [-0.4, -0.2) is 22.8 Å². The second-order valence-corrected chi connectivity index (χ2v) is 2.61. The molecule has 0 saturated heterocycles. The number of aromatic nitrogens is 2. The minimum absolute atomic E-state index is 0. The van der Waals surface area contributed by atoms with Gasteiger partial charge in [0.2, 0.25) is 0 Å². The van der Waals surface area contributed by atoms with Gasteiger partial charge in [0.1, 0.15) is 11.6 Å². The molecule has 0 aliphatic carbocycles. The zero-order chi connectivity index (χ0) is 7.68. The van der Waals surface area contributed by atoms with E-state index < -0.39 is 0 Å². The molecule has 2 rings (SSSR count). The summed E-state index contributed by atoms with van der Waals surface area (Å²) in [5.41, 5.74) is 5.68. The van der Waals surface area contributed by atoms with Crippen molar-refractivity contribution in [1.29, 1.82) is 0 Å². The number of ether oxygens (including phenoxy) is 1. The molecular formula is C7H12ClN3O. The smallest absolute Gasteiger partial charge is 0.123 e. The lowest BCUT2D eigenvalue weighted by Gasteiger charge is -2.02. The van der Waals surface area contributed by atoms with Crippen molar-refractivity contribution in [3.05, 3.63) is 12.0 Å². The highest BCUT2D eigenvalue weighted by Crippen LogP contribution is 2.10. The Morgan fingerprint density at radius 2 is 2.33 bits per heavy atom. The molecule has 0 amide bonds. The van der Waals surface area contributed by atoms with Crippen LogP contribution in [0.5, 0.6) is 0 Å². The number of hydrogen-bond donors (Lipinski definition) is 1. The zero-order valence-corrected chi connectivity index (χ0v) is 7.51. The summed E-state index contributed by atoms with van der Waals surface area (Å²) in [6.45, 7) is 2.34. The molecule has 12 heavy (non-hydrogen) atoms. The molecule has 2 N–H and O–H groups in total. The summed E-state index contributed by atoms with van der Waals surface area (Å²) >= 11 is 0. The SMILES string of the molecule is Cl.Nc1cnc2n1CCOCC2. The van der Waals surface area contributed by atoms with Gasteiger partial charge in [-0.1, -0.05) is 0 Å². The Hall–Kier alpha value is -0.740. The fourth-order valence-corrected chi connectivity index (χ4v) is 1.31. The van der Waals surface area contributed by atoms with Gasteiger partial charge in [0.25, 0.3) is 0 Å². The van der Waals surface area contributed by atoms with Crippen LogP contribution >= 0.6 is 12.4 Å². The lowest BCUT2D eigenvalue weighted by Crippen LogP contribution is -2.06. The fraction of sp³-hybridized carbons (Fsp3) is 0.571. The van der Waals surface area contributed by atoms with Crippen molar-refractivity contribution in [2.45, 2.75) is 13.0 Å². The van der Waals surface area contributed by atoms with Crippen LogP contribution in [0.1, 0.15) is 5.82 Å². The molecule has 1 aromatic rings. The molecule has 0 unspecified atom stereocenters. The van der Waals surface area contributed by atoms with E-state index >= 15 is 0 Å². The summed E-state index contributed by atoms with van der Waals surface area (Å²) in [7, 11) is 0. The predicted octanol–water partition coefficient (Wildman–Crippen LogP) is 0.460. The van der Waals surface area contributed by atoms with E-state index in [9.17, 15) is 0 Å². The van der Waals surface area contributed by atoms with Gasteiger partial charge in [-0.25, -0.2) is 4.98 Å². The van der Waals surface area contributed by atoms with Crippen LogP contribution < -0.4 is 5.73 Å². The largest absolute Gasteiger partial charge is 0.384 e. The maximum Gasteiger partial charge on any atom is 0.123 e. The summed E-state index contributed by atoms with van der Waals surface area (Å²) in [6.07, 6.45) is 2.58. The molecule has 4 nitrogen and oxygen atoms in total. The quantitative estimate of drug-likeness (QED) is 0.645. The van der Waals surface area contributed by atoms with Crippen molar-refractivity contribution < 1.29 is 4.74 Å². The Kier molecular flexibility index (Phi) is 2.94. The number of imidazole rings is 1. The van der Waals surface area contributed by atoms with Gasteiger partial charge < -0.3 is 15.0 Å². The number of nitrogens with two attached hydrogens (primary N) is 1. The number of fused-ring (bicyclic) bond motifs is 1. The normalized spacial score (nSPS) is 16.0. The number of nitrogens with zero attached hydrogens (tertiary/aromatic N) is 2. The van der Waals surface area contributed by atoms with Crippen molar-refractivity contribution in [2.75, 3.05) is 18.9 Å². The molecule has 68 valence electrons. The van der Waals surface area contributed by atoms with Gasteiger partial charge in [0.15, 0.2) is 0 Å². The van der Waals surface area contributed by atoms with Gasteiger partial charge in [-0.15, -0.1) is 12.4 Å². The van der Waals surface area contributed by atoms with Crippen molar-refractivity contribution in [3.63, 3.8) is 0 Å². The van der Waals surface area contributed by atoms with Gasteiger partial charge in [-0.2, -0.15) is 0 Å². The molecule has 0 spiro atoms. The summed E-state index contributed by atoms with van der Waals surface area (Å²) < 4.78 is 7.28. The average Bonchev–Trinajstić information content (AvgIpc) is 2.25. The molecule has 1 aromatic heterocycles. The van der Waals surface area contributed by atoms with Crippen LogP contribution in [0.3, 0.4) is 0 Å². The van der Waals surface area contributed by atoms with Crippen LogP contribution in [0, 0.1) is 0 Å². The van der Waals surface area contributed by atoms with E-state index in [4.69, 9.17) is 10.5 Å². The maximum absolute atomic E-state index is 5.68. The fourth-order valence-electron chi connectivity index (χ4n) is 1.31. The Balaban J connectivity index is 0.000000720. The first-order chi connectivity index (χ1) is 5.38.